The van der Waals surface area contributed by atoms with Crippen molar-refractivity contribution in [3.05, 3.63) is 42.0 Å². The Hall–Kier alpha value is -2.98. The van der Waals surface area contributed by atoms with E-state index >= 15 is 0 Å². The van der Waals surface area contributed by atoms with Crippen molar-refractivity contribution in [2.45, 2.75) is 18.7 Å². The van der Waals surface area contributed by atoms with E-state index in [0.717, 1.165) is 6.07 Å². The molecule has 0 saturated heterocycles. The third-order valence-electron chi connectivity index (χ3n) is 2.62. The van der Waals surface area contributed by atoms with E-state index in [1.165, 1.54) is 24.3 Å². The maximum atomic E-state index is 10.6. The van der Waals surface area contributed by atoms with Crippen LogP contribution in [0, 0.1) is 0 Å². The van der Waals surface area contributed by atoms with Gasteiger partial charge in [-0.15, -0.1) is 0 Å². The number of nitrogen functional groups attached to an aromatic ring is 4. The Bertz CT molecular complexity index is 838. The fourth-order valence-corrected chi connectivity index (χ4v) is 2.18. The number of rotatable bonds is 2. The minimum absolute atomic E-state index is 0.0216. The molecule has 2 aromatic rings. The Morgan fingerprint density at radius 1 is 0.880 bits per heavy atom. The van der Waals surface area contributed by atoms with E-state index < -0.39 is 16.1 Å². The maximum Gasteiger partial charge on any atom is 0.337 e. The summed E-state index contributed by atoms with van der Waals surface area (Å²) in [4.78, 5) is 10.1. The molecule has 9 nitrogen and oxygen atoms in total. The van der Waals surface area contributed by atoms with Crippen LogP contribution < -0.4 is 22.9 Å². The predicted octanol–water partition coefficient (Wildman–Crippen LogP) is 1.67. The van der Waals surface area contributed by atoms with Crippen LogP contribution in [-0.4, -0.2) is 24.0 Å². The topological polar surface area (TPSA) is 196 Å². The zero-order chi connectivity index (χ0) is 19.8. The van der Waals surface area contributed by atoms with E-state index in [-0.39, 0.29) is 27.5 Å². The quantitative estimate of drug-likeness (QED) is 0.336. The Balaban J connectivity index is 0.000000421. The lowest BCUT2D eigenvalue weighted by atomic mass is 10.1. The van der Waals surface area contributed by atoms with E-state index in [4.69, 9.17) is 32.6 Å². The summed E-state index contributed by atoms with van der Waals surface area (Å²) >= 11 is 0. The second-order valence-electron chi connectivity index (χ2n) is 4.42. The standard InChI is InChI=1S/C7H8N2O2.C6H8N2O3S.C2H6/c8-4-1-2-6(9)5(3-4)7(10)11;7-4-1-2-5(8)6(3-4)12(9,10)11;1-2/h1-3H,8-9H2,(H,10,11);1-3H,7-8H2,(H,9,10,11);1-2H3. The van der Waals surface area contributed by atoms with Crippen molar-refractivity contribution < 1.29 is 22.9 Å². The number of anilines is 4. The third-order valence-corrected chi connectivity index (χ3v) is 3.53. The Kier molecular flexibility index (Phi) is 8.23. The molecule has 10 heteroatoms. The first kappa shape index (κ1) is 22.0. The zero-order valence-electron chi connectivity index (χ0n) is 13.8. The highest BCUT2D eigenvalue weighted by molar-refractivity contribution is 7.86. The minimum atomic E-state index is -4.26. The van der Waals surface area contributed by atoms with E-state index in [2.05, 4.69) is 0 Å². The van der Waals surface area contributed by atoms with Crippen LogP contribution in [0.5, 0.6) is 0 Å². The molecule has 0 aliphatic rings. The predicted molar refractivity (Wildman–Crippen MR) is 98.7 cm³/mol. The highest BCUT2D eigenvalue weighted by atomic mass is 32.2. The van der Waals surface area contributed by atoms with Gasteiger partial charge >= 0.3 is 5.97 Å². The summed E-state index contributed by atoms with van der Waals surface area (Å²) in [6, 6.07) is 8.23. The number of nitrogens with two attached hydrogens (primary N) is 4. The molecule has 0 aliphatic heterocycles. The maximum absolute atomic E-state index is 10.6. The molecular weight excluding hydrogens is 348 g/mol. The van der Waals surface area contributed by atoms with Gasteiger partial charge in [0.2, 0.25) is 0 Å². The van der Waals surface area contributed by atoms with Gasteiger partial charge in [-0.25, -0.2) is 4.79 Å². The summed E-state index contributed by atoms with van der Waals surface area (Å²) in [5.74, 6) is -1.06. The van der Waals surface area contributed by atoms with Crippen LogP contribution in [0.1, 0.15) is 24.2 Å². The largest absolute Gasteiger partial charge is 0.478 e. The fourth-order valence-electron chi connectivity index (χ4n) is 1.53. The molecule has 0 unspecified atom stereocenters. The zero-order valence-corrected chi connectivity index (χ0v) is 14.6. The normalized spacial score (nSPS) is 9.88. The second-order valence-corrected chi connectivity index (χ2v) is 5.81. The molecule has 10 N–H and O–H groups in total. The number of aromatic carboxylic acids is 1. The molecule has 0 heterocycles. The second kappa shape index (κ2) is 9.35. The van der Waals surface area contributed by atoms with E-state index in [1.54, 1.807) is 6.07 Å². The van der Waals surface area contributed by atoms with Crippen LogP contribution in [0.4, 0.5) is 22.7 Å². The molecule has 0 radical (unpaired) electrons. The van der Waals surface area contributed by atoms with Gasteiger partial charge in [0.1, 0.15) is 4.90 Å². The molecule has 25 heavy (non-hydrogen) atoms. The summed E-state index contributed by atoms with van der Waals surface area (Å²) in [7, 11) is -4.26. The first-order valence-electron chi connectivity index (χ1n) is 7.03. The number of carbonyl (C=O) groups is 1. The van der Waals surface area contributed by atoms with Gasteiger partial charge < -0.3 is 28.0 Å². The van der Waals surface area contributed by atoms with Gasteiger partial charge in [0.05, 0.1) is 11.3 Å². The molecule has 2 rings (SSSR count). The highest BCUT2D eigenvalue weighted by Crippen LogP contribution is 2.20. The van der Waals surface area contributed by atoms with Crippen molar-refractivity contribution in [2.75, 3.05) is 22.9 Å². The van der Waals surface area contributed by atoms with Crippen molar-refractivity contribution in [1.82, 2.24) is 0 Å². The molecule has 0 saturated carbocycles. The van der Waals surface area contributed by atoms with Gasteiger partial charge in [-0.1, -0.05) is 13.8 Å². The average molecular weight is 370 g/mol. The van der Waals surface area contributed by atoms with Crippen molar-refractivity contribution in [2.24, 2.45) is 0 Å². The summed E-state index contributed by atoms with van der Waals surface area (Å²) in [6.45, 7) is 4.00. The number of carboxylic acid groups (broad SMARTS) is 1. The van der Waals surface area contributed by atoms with Crippen LogP contribution in [0.25, 0.3) is 0 Å². The third kappa shape index (κ3) is 6.97. The van der Waals surface area contributed by atoms with Crippen LogP contribution in [0.2, 0.25) is 0 Å². The van der Waals surface area contributed by atoms with Gasteiger partial charge in [-0.05, 0) is 36.4 Å². The van der Waals surface area contributed by atoms with E-state index in [1.807, 2.05) is 13.8 Å². The van der Waals surface area contributed by atoms with Crippen molar-refractivity contribution in [3.8, 4) is 0 Å². The van der Waals surface area contributed by atoms with Gasteiger partial charge in [-0.2, -0.15) is 8.42 Å². The molecule has 2 aromatic carbocycles. The van der Waals surface area contributed by atoms with Crippen LogP contribution >= 0.6 is 0 Å². The number of hydrogen-bond donors (Lipinski definition) is 6. The lowest BCUT2D eigenvalue weighted by Crippen LogP contribution is -2.03. The Morgan fingerprint density at radius 2 is 1.32 bits per heavy atom. The van der Waals surface area contributed by atoms with Crippen LogP contribution in [0.15, 0.2) is 41.3 Å². The van der Waals surface area contributed by atoms with Crippen LogP contribution in [0.3, 0.4) is 0 Å². The SMILES string of the molecule is CC.Nc1ccc(N)c(C(=O)O)c1.Nc1ccc(N)c(S(=O)(=O)O)c1. The van der Waals surface area contributed by atoms with Crippen LogP contribution in [-0.2, 0) is 10.1 Å². The molecule has 0 aromatic heterocycles. The van der Waals surface area contributed by atoms with Gasteiger partial charge in [0.25, 0.3) is 10.1 Å². The Labute approximate surface area is 146 Å². The summed E-state index contributed by atoms with van der Waals surface area (Å²) in [5.41, 5.74) is 22.2. The monoisotopic (exact) mass is 370 g/mol. The van der Waals surface area contributed by atoms with E-state index in [9.17, 15) is 13.2 Å². The number of benzene rings is 2. The molecule has 0 spiro atoms. The molecule has 138 valence electrons. The van der Waals surface area contributed by atoms with Crippen molar-refractivity contribution in [3.63, 3.8) is 0 Å². The summed E-state index contributed by atoms with van der Waals surface area (Å²) in [5, 5.41) is 8.55. The summed E-state index contributed by atoms with van der Waals surface area (Å²) < 4.78 is 29.9. The molecule has 0 bridgehead atoms. The smallest absolute Gasteiger partial charge is 0.337 e. The first-order chi connectivity index (χ1) is 11.5. The lowest BCUT2D eigenvalue weighted by molar-refractivity contribution is 0.0698. The van der Waals surface area contributed by atoms with Gasteiger partial charge in [-0.3, -0.25) is 4.55 Å². The molecule has 0 atom stereocenters. The van der Waals surface area contributed by atoms with E-state index in [0.29, 0.717) is 5.69 Å². The lowest BCUT2D eigenvalue weighted by Gasteiger charge is -2.02. The average Bonchev–Trinajstić information content (AvgIpc) is 2.53. The van der Waals surface area contributed by atoms with Gasteiger partial charge in [0.15, 0.2) is 0 Å². The van der Waals surface area contributed by atoms with Gasteiger partial charge in [0, 0.05) is 17.1 Å². The van der Waals surface area contributed by atoms with Crippen molar-refractivity contribution in [1.29, 1.82) is 0 Å². The molecule has 0 aliphatic carbocycles. The fraction of sp³-hybridized carbons (Fsp3) is 0.133. The Morgan fingerprint density at radius 3 is 1.68 bits per heavy atom. The first-order valence-corrected chi connectivity index (χ1v) is 8.47. The van der Waals surface area contributed by atoms with Crippen molar-refractivity contribution >= 4 is 38.8 Å². The molecular formula is C15H22N4O5S. The molecule has 0 fully saturated rings. The summed E-state index contributed by atoms with van der Waals surface area (Å²) in [6.07, 6.45) is 0. The molecule has 0 amide bonds. The number of carboxylic acids is 1. The number of hydrogen-bond acceptors (Lipinski definition) is 7. The minimum Gasteiger partial charge on any atom is -0.478 e. The highest BCUT2D eigenvalue weighted by Gasteiger charge is 2.13.